The van der Waals surface area contributed by atoms with Crippen molar-refractivity contribution >= 4 is 29.1 Å². The largest absolute Gasteiger partial charge is 0.458 e. The number of carbonyl (C=O) groups is 2. The molecule has 0 radical (unpaired) electrons. The minimum Gasteiger partial charge on any atom is -0.458 e. The van der Waals surface area contributed by atoms with Crippen LogP contribution >= 0.6 is 0 Å². The molecule has 1 saturated heterocycles. The number of carbonyl (C=O) groups excluding carboxylic acids is 2. The first-order valence-corrected chi connectivity index (χ1v) is 9.27. The number of fused-ring (bicyclic) bond motifs is 1. The zero-order valence-electron chi connectivity index (χ0n) is 16.8. The second-order valence-corrected chi connectivity index (χ2v) is 7.04. The van der Waals surface area contributed by atoms with E-state index in [4.69, 9.17) is 19.9 Å². The van der Waals surface area contributed by atoms with Crippen LogP contribution in [-0.4, -0.2) is 62.2 Å². The summed E-state index contributed by atoms with van der Waals surface area (Å²) in [5.41, 5.74) is 3.75. The molecule has 0 amide bonds. The van der Waals surface area contributed by atoms with Crippen molar-refractivity contribution in [3.8, 4) is 0 Å². The van der Waals surface area contributed by atoms with Crippen LogP contribution in [0.3, 0.4) is 0 Å². The summed E-state index contributed by atoms with van der Waals surface area (Å²) >= 11 is 0. The molecule has 11 nitrogen and oxygen atoms in total. The Kier molecular flexibility index (Phi) is 6.39. The number of halogens is 4. The van der Waals surface area contributed by atoms with Crippen LogP contribution in [0.25, 0.3) is 11.2 Å². The second kappa shape index (κ2) is 8.72. The van der Waals surface area contributed by atoms with Crippen molar-refractivity contribution in [1.82, 2.24) is 19.1 Å². The third-order valence-electron chi connectivity index (χ3n) is 4.61. The molecule has 0 bridgehead atoms. The number of nitrogen functional groups attached to an aromatic ring is 1. The minimum absolute atomic E-state index is 0.203. The van der Waals surface area contributed by atoms with Gasteiger partial charge in [-0.25, -0.2) is 18.7 Å². The lowest BCUT2D eigenvalue weighted by atomic mass is 10.1. The predicted molar refractivity (Wildman–Crippen MR) is 97.9 cm³/mol. The molecule has 1 unspecified atom stereocenters. The molecule has 2 aromatic heterocycles. The normalized spacial score (nSPS) is 22.1. The van der Waals surface area contributed by atoms with Crippen molar-refractivity contribution in [1.29, 1.82) is 0 Å². The van der Waals surface area contributed by atoms with Crippen LogP contribution in [-0.2, 0) is 30.3 Å². The molecule has 15 heteroatoms. The average molecular weight is 465 g/mol. The van der Waals surface area contributed by atoms with E-state index < -0.39 is 61.6 Å². The van der Waals surface area contributed by atoms with Crippen molar-refractivity contribution in [3.63, 3.8) is 0 Å². The van der Waals surface area contributed by atoms with Crippen LogP contribution in [0, 0.1) is 0 Å². The molecule has 2 aromatic rings. The van der Waals surface area contributed by atoms with Gasteiger partial charge in [0.2, 0.25) is 5.95 Å². The van der Waals surface area contributed by atoms with Crippen molar-refractivity contribution in [2.24, 2.45) is 0 Å². The van der Waals surface area contributed by atoms with Crippen LogP contribution < -0.4 is 11.4 Å². The van der Waals surface area contributed by atoms with E-state index in [2.05, 4.69) is 9.97 Å². The van der Waals surface area contributed by atoms with E-state index >= 15 is 0 Å². The molecule has 0 saturated carbocycles. The summed E-state index contributed by atoms with van der Waals surface area (Å²) in [6.07, 6.45) is -9.29. The van der Waals surface area contributed by atoms with Gasteiger partial charge in [-0.15, -0.1) is 0 Å². The molecule has 4 atom stereocenters. The van der Waals surface area contributed by atoms with Crippen molar-refractivity contribution in [3.05, 3.63) is 16.7 Å². The van der Waals surface area contributed by atoms with Crippen LogP contribution in [0.15, 0.2) is 11.0 Å². The van der Waals surface area contributed by atoms with Crippen molar-refractivity contribution < 1.29 is 41.4 Å². The fraction of sp³-hybridized carbons (Fsp3) is 0.588. The lowest BCUT2D eigenvalue weighted by molar-refractivity contribution is -0.159. The number of nitrogens with two attached hydrogens (primary N) is 1. The van der Waals surface area contributed by atoms with Gasteiger partial charge in [0.15, 0.2) is 18.0 Å². The summed E-state index contributed by atoms with van der Waals surface area (Å²) in [7, 11) is 0. The zero-order valence-corrected chi connectivity index (χ0v) is 16.8. The molecular weight excluding hydrogens is 446 g/mol. The van der Waals surface area contributed by atoms with E-state index in [1.807, 2.05) is 0 Å². The molecule has 3 rings (SSSR count). The van der Waals surface area contributed by atoms with Gasteiger partial charge >= 0.3 is 23.8 Å². The molecule has 1 aliphatic heterocycles. The summed E-state index contributed by atoms with van der Waals surface area (Å²) in [6, 6.07) is 0. The first-order chi connectivity index (χ1) is 14.9. The van der Waals surface area contributed by atoms with E-state index in [1.54, 1.807) is 0 Å². The molecule has 0 aromatic carbocycles. The van der Waals surface area contributed by atoms with E-state index in [0.717, 1.165) is 24.6 Å². The number of aromatic nitrogens is 4. The molecule has 1 fully saturated rings. The van der Waals surface area contributed by atoms with Gasteiger partial charge in [-0.05, 0) is 0 Å². The maximum Gasteiger partial charge on any atom is 0.406 e. The number of anilines is 1. The summed E-state index contributed by atoms with van der Waals surface area (Å²) in [5.74, 6) is -1.92. The Morgan fingerprint density at radius 1 is 1.34 bits per heavy atom. The number of esters is 2. The monoisotopic (exact) mass is 465 g/mol. The van der Waals surface area contributed by atoms with Crippen LogP contribution in [0.2, 0.25) is 0 Å². The minimum atomic E-state index is -4.76. The number of nitrogens with zero attached hydrogens (tertiary/aromatic N) is 4. The molecule has 3 heterocycles. The second-order valence-electron chi connectivity index (χ2n) is 7.04. The Hall–Kier alpha value is -3.23. The Bertz CT molecular complexity index is 1080. The van der Waals surface area contributed by atoms with Gasteiger partial charge in [-0.2, -0.15) is 18.2 Å². The van der Waals surface area contributed by atoms with E-state index in [9.17, 15) is 31.9 Å². The number of hydrogen-bond donors (Lipinski definition) is 1. The highest BCUT2D eigenvalue weighted by atomic mass is 19.4. The average Bonchev–Trinajstić information content (AvgIpc) is 3.16. The van der Waals surface area contributed by atoms with Crippen LogP contribution in [0.5, 0.6) is 0 Å². The first kappa shape index (κ1) is 23.4. The number of rotatable bonds is 6. The van der Waals surface area contributed by atoms with Gasteiger partial charge < -0.3 is 19.9 Å². The number of alkyl halides is 4. The molecule has 0 spiro atoms. The van der Waals surface area contributed by atoms with Gasteiger partial charge in [0.25, 0.3) is 0 Å². The fourth-order valence-electron chi connectivity index (χ4n) is 3.51. The van der Waals surface area contributed by atoms with Crippen molar-refractivity contribution in [2.45, 2.75) is 57.5 Å². The van der Waals surface area contributed by atoms with Crippen molar-refractivity contribution in [2.75, 3.05) is 12.4 Å². The van der Waals surface area contributed by atoms with E-state index in [0.29, 0.717) is 4.57 Å². The highest BCUT2D eigenvalue weighted by molar-refractivity contribution is 5.72. The third kappa shape index (κ3) is 4.81. The van der Waals surface area contributed by atoms with Crippen LogP contribution in [0.1, 0.15) is 26.5 Å². The van der Waals surface area contributed by atoms with E-state index in [-0.39, 0.29) is 23.5 Å². The van der Waals surface area contributed by atoms with Gasteiger partial charge in [0, 0.05) is 20.3 Å². The maximum absolute atomic E-state index is 13.5. The number of imidazole rings is 1. The zero-order chi connectivity index (χ0) is 23.8. The first-order valence-electron chi connectivity index (χ1n) is 9.27. The quantitative estimate of drug-likeness (QED) is 0.486. The molecule has 1 aliphatic rings. The lowest BCUT2D eigenvalue weighted by Gasteiger charge is -2.21. The molecule has 2 N–H and O–H groups in total. The SMILES string of the molecule is CC(=O)OC(CF)[C@@H]1C[C@@H](OC(C)=O)[C@H](n2c(=O)n(CC(F)(F)F)c3cnc(N)nc32)O1. The van der Waals surface area contributed by atoms with Gasteiger partial charge in [0.05, 0.1) is 6.20 Å². The van der Waals surface area contributed by atoms with Gasteiger partial charge in [0.1, 0.15) is 30.9 Å². The predicted octanol–water partition coefficient (Wildman–Crippen LogP) is 0.858. The summed E-state index contributed by atoms with van der Waals surface area (Å²) in [6.45, 7) is -0.687. The Balaban J connectivity index is 2.12. The smallest absolute Gasteiger partial charge is 0.406 e. The molecule has 0 aliphatic carbocycles. The lowest BCUT2D eigenvalue weighted by Crippen LogP contribution is -2.36. The third-order valence-corrected chi connectivity index (χ3v) is 4.61. The van der Waals surface area contributed by atoms with Gasteiger partial charge in [-0.1, -0.05) is 0 Å². The topological polar surface area (TPSA) is 141 Å². The number of hydrogen-bond acceptors (Lipinski definition) is 9. The van der Waals surface area contributed by atoms with Crippen LogP contribution in [0.4, 0.5) is 23.5 Å². The van der Waals surface area contributed by atoms with Gasteiger partial charge in [-0.3, -0.25) is 14.2 Å². The molecule has 32 heavy (non-hydrogen) atoms. The standard InChI is InChI=1S/C17H19F4N5O6/c1-7(27)30-11-3-10(12(4-18)31-8(2)28)32-14(11)26-13-9(5-23-15(22)24-13)25(16(26)29)6-17(19,20)21/h5,10-12,14H,3-4,6H2,1-2H3,(H2,22,23,24)/t10-,11+,12?,14+/m0/s1. The fourth-order valence-corrected chi connectivity index (χ4v) is 3.51. The maximum atomic E-state index is 13.5. The highest BCUT2D eigenvalue weighted by Crippen LogP contribution is 2.35. The number of ether oxygens (including phenoxy) is 3. The summed E-state index contributed by atoms with van der Waals surface area (Å²) in [5, 5.41) is 0. The highest BCUT2D eigenvalue weighted by Gasteiger charge is 2.45. The Labute approximate surface area is 177 Å². The molecular formula is C17H19F4N5O6. The Morgan fingerprint density at radius 2 is 2.03 bits per heavy atom. The Morgan fingerprint density at radius 3 is 2.59 bits per heavy atom. The molecule has 176 valence electrons. The summed E-state index contributed by atoms with van der Waals surface area (Å²) in [4.78, 5) is 43.3. The summed E-state index contributed by atoms with van der Waals surface area (Å²) < 4.78 is 69.5. The van der Waals surface area contributed by atoms with E-state index in [1.165, 1.54) is 0 Å².